The molecule has 96 valence electrons. The zero-order valence-corrected chi connectivity index (χ0v) is 11.5. The fraction of sp³-hybridized carbons (Fsp3) is 0.500. The van der Waals surface area contributed by atoms with Crippen molar-refractivity contribution in [3.05, 3.63) is 28.8 Å². The van der Waals surface area contributed by atoms with E-state index in [9.17, 15) is 8.42 Å². The Morgan fingerprint density at radius 2 is 1.65 bits per heavy atom. The topological polar surface area (TPSA) is 57.6 Å². The molecule has 0 atom stereocenters. The van der Waals surface area contributed by atoms with E-state index in [1.54, 1.807) is 13.0 Å². The highest BCUT2D eigenvalue weighted by atomic mass is 32.2. The predicted octanol–water partition coefficient (Wildman–Crippen LogP) is 1.22. The van der Waals surface area contributed by atoms with Crippen molar-refractivity contribution in [3.63, 3.8) is 0 Å². The molecule has 1 rings (SSSR count). The molecule has 0 aliphatic heterocycles. The van der Waals surface area contributed by atoms with Crippen LogP contribution in [0, 0.1) is 20.8 Å². The number of sulfonamides is 1. The van der Waals surface area contributed by atoms with E-state index in [2.05, 4.69) is 0 Å². The van der Waals surface area contributed by atoms with Crippen LogP contribution in [0.25, 0.3) is 0 Å². The highest BCUT2D eigenvalue weighted by Gasteiger charge is 2.22. The van der Waals surface area contributed by atoms with Crippen LogP contribution in [-0.2, 0) is 10.0 Å². The highest BCUT2D eigenvalue weighted by Crippen LogP contribution is 2.22. The minimum absolute atomic E-state index is 0.106. The normalized spacial score (nSPS) is 12.1. The molecular formula is C12H19NO3S. The average Bonchev–Trinajstić information content (AvgIpc) is 2.23. The first-order valence-corrected chi connectivity index (χ1v) is 6.89. The summed E-state index contributed by atoms with van der Waals surface area (Å²) in [6.07, 6.45) is 0. The van der Waals surface area contributed by atoms with Gasteiger partial charge in [-0.15, -0.1) is 0 Å². The largest absolute Gasteiger partial charge is 0.395 e. The molecule has 1 N–H and O–H groups in total. The monoisotopic (exact) mass is 257 g/mol. The Labute approximate surface area is 103 Å². The summed E-state index contributed by atoms with van der Waals surface area (Å²) in [5.74, 6) is 0. The Balaban J connectivity index is 3.29. The average molecular weight is 257 g/mol. The number of nitrogens with zero attached hydrogens (tertiary/aromatic N) is 1. The molecule has 0 amide bonds. The fourth-order valence-corrected chi connectivity index (χ4v) is 3.09. The van der Waals surface area contributed by atoms with Gasteiger partial charge in [-0.2, -0.15) is 4.31 Å². The van der Waals surface area contributed by atoms with Gasteiger partial charge in [0.05, 0.1) is 11.5 Å². The van der Waals surface area contributed by atoms with E-state index < -0.39 is 10.0 Å². The molecular weight excluding hydrogens is 238 g/mol. The molecule has 1 aromatic carbocycles. The van der Waals surface area contributed by atoms with Gasteiger partial charge >= 0.3 is 0 Å². The van der Waals surface area contributed by atoms with Crippen LogP contribution >= 0.6 is 0 Å². The summed E-state index contributed by atoms with van der Waals surface area (Å²) < 4.78 is 25.6. The van der Waals surface area contributed by atoms with Crippen molar-refractivity contribution in [2.24, 2.45) is 0 Å². The number of hydrogen-bond donors (Lipinski definition) is 1. The van der Waals surface area contributed by atoms with Gasteiger partial charge in [0.15, 0.2) is 0 Å². The molecule has 17 heavy (non-hydrogen) atoms. The summed E-state index contributed by atoms with van der Waals surface area (Å²) in [6, 6.07) is 3.56. The summed E-state index contributed by atoms with van der Waals surface area (Å²) in [5.41, 5.74) is 2.76. The van der Waals surface area contributed by atoms with Crippen molar-refractivity contribution in [1.82, 2.24) is 4.31 Å². The van der Waals surface area contributed by atoms with Crippen LogP contribution in [0.1, 0.15) is 16.7 Å². The molecule has 0 unspecified atom stereocenters. The molecule has 0 saturated heterocycles. The molecule has 0 aliphatic carbocycles. The van der Waals surface area contributed by atoms with E-state index in [0.717, 1.165) is 16.7 Å². The van der Waals surface area contributed by atoms with Gasteiger partial charge in [-0.1, -0.05) is 6.07 Å². The Bertz CT molecular complexity index is 509. The second-order valence-corrected chi connectivity index (χ2v) is 6.27. The summed E-state index contributed by atoms with van der Waals surface area (Å²) in [7, 11) is -2.03. The summed E-state index contributed by atoms with van der Waals surface area (Å²) in [6.45, 7) is 5.55. The van der Waals surface area contributed by atoms with Crippen molar-refractivity contribution in [2.45, 2.75) is 25.7 Å². The second-order valence-electron chi connectivity index (χ2n) is 4.25. The number of hydrogen-bond acceptors (Lipinski definition) is 3. The number of likely N-dealkylation sites (N-methyl/N-ethyl adjacent to an activating group) is 1. The molecule has 0 fully saturated rings. The van der Waals surface area contributed by atoms with Crippen LogP contribution in [0.3, 0.4) is 0 Å². The molecule has 0 heterocycles. The molecule has 0 saturated carbocycles. The van der Waals surface area contributed by atoms with Crippen molar-refractivity contribution in [1.29, 1.82) is 0 Å². The van der Waals surface area contributed by atoms with E-state index >= 15 is 0 Å². The van der Waals surface area contributed by atoms with Crippen molar-refractivity contribution >= 4 is 10.0 Å². The smallest absolute Gasteiger partial charge is 0.243 e. The Kier molecular flexibility index (Phi) is 4.30. The van der Waals surface area contributed by atoms with Crippen molar-refractivity contribution in [2.75, 3.05) is 20.2 Å². The third-order valence-electron chi connectivity index (χ3n) is 2.89. The van der Waals surface area contributed by atoms with Crippen molar-refractivity contribution < 1.29 is 13.5 Å². The van der Waals surface area contributed by atoms with E-state index in [-0.39, 0.29) is 13.2 Å². The van der Waals surface area contributed by atoms with Gasteiger partial charge in [0.2, 0.25) is 10.0 Å². The molecule has 4 nitrogen and oxygen atoms in total. The van der Waals surface area contributed by atoms with Gasteiger partial charge < -0.3 is 5.11 Å². The van der Waals surface area contributed by atoms with Gasteiger partial charge in [0.1, 0.15) is 0 Å². The van der Waals surface area contributed by atoms with Gasteiger partial charge in [-0.05, 0) is 43.5 Å². The molecule has 0 aliphatic rings. The molecule has 0 radical (unpaired) electrons. The molecule has 0 aromatic heterocycles. The molecule has 0 bridgehead atoms. The summed E-state index contributed by atoms with van der Waals surface area (Å²) in [4.78, 5) is 0.316. The van der Waals surface area contributed by atoms with E-state index in [4.69, 9.17) is 5.11 Å². The van der Waals surface area contributed by atoms with E-state index in [1.807, 2.05) is 19.9 Å². The lowest BCUT2D eigenvalue weighted by atomic mass is 10.1. The number of aryl methyl sites for hydroxylation is 3. The van der Waals surface area contributed by atoms with Crippen LogP contribution in [0.15, 0.2) is 17.0 Å². The van der Waals surface area contributed by atoms with Gasteiger partial charge in [-0.25, -0.2) is 8.42 Å². The van der Waals surface area contributed by atoms with Crippen LogP contribution in [-0.4, -0.2) is 38.0 Å². The number of aliphatic hydroxyl groups is 1. The minimum atomic E-state index is -3.50. The first kappa shape index (κ1) is 14.2. The Hall–Kier alpha value is -0.910. The number of benzene rings is 1. The van der Waals surface area contributed by atoms with Gasteiger partial charge in [0, 0.05) is 13.6 Å². The standard InChI is InChI=1S/C12H19NO3S/c1-9-7-11(3)12(8-10(9)2)17(15,16)13(4)5-6-14/h7-8,14H,5-6H2,1-4H3. The summed E-state index contributed by atoms with van der Waals surface area (Å²) in [5, 5.41) is 8.81. The fourth-order valence-electron chi connectivity index (χ4n) is 1.64. The molecule has 1 aromatic rings. The second kappa shape index (κ2) is 5.16. The first-order chi connectivity index (χ1) is 7.80. The van der Waals surface area contributed by atoms with E-state index in [1.165, 1.54) is 11.4 Å². The maximum absolute atomic E-state index is 12.2. The zero-order chi connectivity index (χ0) is 13.2. The Morgan fingerprint density at radius 1 is 1.12 bits per heavy atom. The predicted molar refractivity (Wildman–Crippen MR) is 67.6 cm³/mol. The van der Waals surface area contributed by atoms with Crippen LogP contribution in [0.4, 0.5) is 0 Å². The van der Waals surface area contributed by atoms with Crippen LogP contribution in [0.2, 0.25) is 0 Å². The Morgan fingerprint density at radius 3 is 2.18 bits per heavy atom. The minimum Gasteiger partial charge on any atom is -0.395 e. The lowest BCUT2D eigenvalue weighted by molar-refractivity contribution is 0.266. The molecule has 5 heteroatoms. The maximum atomic E-state index is 12.2. The van der Waals surface area contributed by atoms with Gasteiger partial charge in [-0.3, -0.25) is 0 Å². The zero-order valence-electron chi connectivity index (χ0n) is 10.7. The number of aliphatic hydroxyl groups excluding tert-OH is 1. The number of rotatable bonds is 4. The van der Waals surface area contributed by atoms with Crippen LogP contribution < -0.4 is 0 Å². The first-order valence-electron chi connectivity index (χ1n) is 5.45. The lowest BCUT2D eigenvalue weighted by Gasteiger charge is -2.18. The third-order valence-corrected chi connectivity index (χ3v) is 4.89. The maximum Gasteiger partial charge on any atom is 0.243 e. The quantitative estimate of drug-likeness (QED) is 0.882. The lowest BCUT2D eigenvalue weighted by Crippen LogP contribution is -2.30. The summed E-state index contributed by atoms with van der Waals surface area (Å²) >= 11 is 0. The molecule has 0 spiro atoms. The van der Waals surface area contributed by atoms with Crippen LogP contribution in [0.5, 0.6) is 0 Å². The SMILES string of the molecule is Cc1cc(C)c(S(=O)(=O)N(C)CCO)cc1C. The van der Waals surface area contributed by atoms with E-state index in [0.29, 0.717) is 4.90 Å². The highest BCUT2D eigenvalue weighted by molar-refractivity contribution is 7.89. The third kappa shape index (κ3) is 2.86. The van der Waals surface area contributed by atoms with Gasteiger partial charge in [0.25, 0.3) is 0 Å². The van der Waals surface area contributed by atoms with Crippen molar-refractivity contribution in [3.8, 4) is 0 Å².